The molecule has 2 atom stereocenters. The van der Waals surface area contributed by atoms with E-state index in [-0.39, 0.29) is 12.1 Å². The van der Waals surface area contributed by atoms with Gasteiger partial charge in [-0.1, -0.05) is 36.4 Å². The van der Waals surface area contributed by atoms with Gasteiger partial charge in [0.1, 0.15) is 1.41 Å². The van der Waals surface area contributed by atoms with Gasteiger partial charge in [-0.25, -0.2) is 4.85 Å². The highest BCUT2D eigenvalue weighted by Gasteiger charge is 2.25. The first-order chi connectivity index (χ1) is 10.7. The molecule has 0 aromatic heterocycles. The van der Waals surface area contributed by atoms with Gasteiger partial charge < -0.3 is 5.31 Å². The van der Waals surface area contributed by atoms with Gasteiger partial charge in [0.2, 0.25) is 0 Å². The molecule has 2 aromatic carbocycles. The first kappa shape index (κ1) is 12.1. The molecule has 0 saturated carbocycles. The molecule has 102 valence electrons. The van der Waals surface area contributed by atoms with Crippen molar-refractivity contribution in [3.8, 4) is 6.07 Å². The molecule has 3 rings (SSSR count). The molecule has 1 aliphatic rings. The summed E-state index contributed by atoms with van der Waals surface area (Å²) in [6.07, 6.45) is 1.84. The van der Waals surface area contributed by atoms with E-state index in [1.54, 1.807) is 17.4 Å². The maximum Gasteiger partial charge on any atom is 0.187 e. The zero-order valence-electron chi connectivity index (χ0n) is 12.5. The molecule has 1 saturated heterocycles. The van der Waals surface area contributed by atoms with Crippen LogP contribution >= 0.6 is 0 Å². The molecule has 1 heterocycles. The largest absolute Gasteiger partial charge is 0.303 e. The van der Waals surface area contributed by atoms with Crippen molar-refractivity contribution in [2.45, 2.75) is 24.9 Å². The van der Waals surface area contributed by atoms with Crippen LogP contribution in [0.2, 0.25) is 1.41 Å². The van der Waals surface area contributed by atoms with E-state index in [2.05, 4.69) is 10.9 Å². The monoisotopic (exact) mass is 274 g/mol. The van der Waals surface area contributed by atoms with Crippen LogP contribution < -0.4 is 5.31 Å². The third kappa shape index (κ3) is 2.79. The lowest BCUT2D eigenvalue weighted by Crippen LogP contribution is -2.17. The van der Waals surface area contributed by atoms with Gasteiger partial charge >= 0.3 is 0 Å². The summed E-state index contributed by atoms with van der Waals surface area (Å²) < 4.78 is 8.43. The maximum absolute atomic E-state index is 8.86. The van der Waals surface area contributed by atoms with E-state index in [0.717, 1.165) is 24.0 Å². The van der Waals surface area contributed by atoms with E-state index >= 15 is 0 Å². The SMILES string of the molecule is [2H]N1C(c2ccc(C#N)cc2)CCC1c1ccc([N+]#[C-])cc1. The van der Waals surface area contributed by atoms with Crippen molar-refractivity contribution in [2.75, 3.05) is 0 Å². The Kier molecular flexibility index (Phi) is 3.35. The van der Waals surface area contributed by atoms with Gasteiger partial charge in [0.25, 0.3) is 0 Å². The minimum Gasteiger partial charge on any atom is -0.303 e. The average molecular weight is 274 g/mol. The Balaban J connectivity index is 1.80. The summed E-state index contributed by atoms with van der Waals surface area (Å²) >= 11 is 0. The van der Waals surface area contributed by atoms with Gasteiger partial charge in [-0.3, -0.25) is 0 Å². The summed E-state index contributed by atoms with van der Waals surface area (Å²) in [5.41, 5.74) is 3.43. The standard InChI is InChI=1S/C18H15N3/c1-20-16-8-6-15(7-9-16)18-11-10-17(21-18)14-4-2-13(12-19)3-5-14/h2-9,17-18,21H,10-11H2/i/hD. The number of hydrogen-bond donors (Lipinski definition) is 1. The quantitative estimate of drug-likeness (QED) is 0.830. The van der Waals surface area contributed by atoms with Crippen LogP contribution in [0, 0.1) is 17.9 Å². The molecule has 0 aliphatic carbocycles. The Labute approximate surface area is 126 Å². The number of benzene rings is 2. The third-order valence-electron chi connectivity index (χ3n) is 3.90. The van der Waals surface area contributed by atoms with E-state index in [1.165, 1.54) is 0 Å². The smallest absolute Gasteiger partial charge is 0.187 e. The Morgan fingerprint density at radius 1 is 1.05 bits per heavy atom. The Hall–Kier alpha value is -2.62. The lowest BCUT2D eigenvalue weighted by Gasteiger charge is -2.15. The van der Waals surface area contributed by atoms with Crippen LogP contribution in [0.1, 0.15) is 41.6 Å². The van der Waals surface area contributed by atoms with Crippen molar-refractivity contribution >= 4 is 5.69 Å². The first-order valence-corrected chi connectivity index (χ1v) is 6.97. The number of nitriles is 1. The van der Waals surface area contributed by atoms with Crippen LogP contribution in [-0.2, 0) is 0 Å². The molecule has 0 radical (unpaired) electrons. The molecule has 1 N–H and O–H groups in total. The Morgan fingerprint density at radius 2 is 1.57 bits per heavy atom. The Bertz CT molecular complexity index is 672. The second-order valence-electron chi connectivity index (χ2n) is 5.20. The number of rotatable bonds is 2. The topological polar surface area (TPSA) is 40.2 Å². The highest BCUT2D eigenvalue weighted by molar-refractivity contribution is 5.46. The van der Waals surface area contributed by atoms with Crippen molar-refractivity contribution in [3.05, 3.63) is 76.6 Å². The van der Waals surface area contributed by atoms with Crippen LogP contribution in [0.3, 0.4) is 0 Å². The van der Waals surface area contributed by atoms with Gasteiger partial charge in [0.05, 0.1) is 18.2 Å². The summed E-state index contributed by atoms with van der Waals surface area (Å²) in [5.74, 6) is 0. The number of nitrogens with zero attached hydrogens (tertiary/aromatic N) is 2. The lowest BCUT2D eigenvalue weighted by atomic mass is 10.0. The van der Waals surface area contributed by atoms with E-state index in [4.69, 9.17) is 13.2 Å². The van der Waals surface area contributed by atoms with Gasteiger partial charge in [-0.2, -0.15) is 5.26 Å². The molecule has 2 unspecified atom stereocenters. The molecule has 1 fully saturated rings. The lowest BCUT2D eigenvalue weighted by molar-refractivity contribution is 0.574. The van der Waals surface area contributed by atoms with Gasteiger partial charge in [-0.15, -0.1) is 0 Å². The zero-order chi connectivity index (χ0) is 15.5. The predicted molar refractivity (Wildman–Crippen MR) is 81.7 cm³/mol. The average Bonchev–Trinajstić information content (AvgIpc) is 2.96. The Morgan fingerprint density at radius 3 is 2.05 bits per heavy atom. The van der Waals surface area contributed by atoms with Crippen molar-refractivity contribution in [1.82, 2.24) is 5.31 Å². The minimum absolute atomic E-state index is 0.0540. The predicted octanol–water partition coefficient (Wildman–Crippen LogP) is 4.27. The molecule has 2 aromatic rings. The molecule has 1 aliphatic heterocycles. The van der Waals surface area contributed by atoms with Crippen molar-refractivity contribution in [1.29, 1.82) is 5.26 Å². The van der Waals surface area contributed by atoms with Gasteiger partial charge in [-0.05, 0) is 36.1 Å². The zero-order valence-corrected chi connectivity index (χ0v) is 11.5. The third-order valence-corrected chi connectivity index (χ3v) is 3.90. The second kappa shape index (κ2) is 5.79. The van der Waals surface area contributed by atoms with Crippen LogP contribution in [0.25, 0.3) is 4.85 Å². The van der Waals surface area contributed by atoms with Crippen molar-refractivity contribution in [2.24, 2.45) is 0 Å². The fourth-order valence-electron chi connectivity index (χ4n) is 2.74. The van der Waals surface area contributed by atoms with E-state index in [0.29, 0.717) is 11.3 Å². The molecule has 3 nitrogen and oxygen atoms in total. The van der Waals surface area contributed by atoms with Crippen LogP contribution in [0.5, 0.6) is 0 Å². The molecular weight excluding hydrogens is 258 g/mol. The number of hydrogen-bond acceptors (Lipinski definition) is 2. The molecule has 0 amide bonds. The first-order valence-electron chi connectivity index (χ1n) is 7.42. The molecule has 0 spiro atoms. The summed E-state index contributed by atoms with van der Waals surface area (Å²) in [4.78, 5) is 3.40. The summed E-state index contributed by atoms with van der Waals surface area (Å²) in [6, 6.07) is 17.2. The number of nitrogens with one attached hydrogen (secondary N) is 1. The van der Waals surface area contributed by atoms with Crippen LogP contribution in [0.15, 0.2) is 48.5 Å². The fraction of sp³-hybridized carbons (Fsp3) is 0.222. The van der Waals surface area contributed by atoms with E-state index in [1.807, 2.05) is 36.4 Å². The molecular formula is C18H15N3. The van der Waals surface area contributed by atoms with Crippen molar-refractivity contribution < 1.29 is 1.41 Å². The molecule has 0 bridgehead atoms. The van der Waals surface area contributed by atoms with Crippen LogP contribution in [-0.4, -0.2) is 0 Å². The maximum atomic E-state index is 8.86. The van der Waals surface area contributed by atoms with Crippen LogP contribution in [0.4, 0.5) is 5.69 Å². The van der Waals surface area contributed by atoms with Gasteiger partial charge in [0, 0.05) is 12.1 Å². The highest BCUT2D eigenvalue weighted by atomic mass is 15.0. The summed E-state index contributed by atoms with van der Waals surface area (Å²) in [6.45, 7) is 7.00. The van der Waals surface area contributed by atoms with E-state index in [9.17, 15) is 0 Å². The van der Waals surface area contributed by atoms with Crippen molar-refractivity contribution in [3.63, 3.8) is 0 Å². The van der Waals surface area contributed by atoms with Gasteiger partial charge in [0.15, 0.2) is 5.69 Å². The normalized spacial score (nSPS) is 22.3. The summed E-state index contributed by atoms with van der Waals surface area (Å²) in [5, 5.41) is 10.5. The fourth-order valence-corrected chi connectivity index (χ4v) is 2.74. The minimum atomic E-state index is 0.0540. The summed E-state index contributed by atoms with van der Waals surface area (Å²) in [7, 11) is 0. The molecule has 3 heteroatoms. The highest BCUT2D eigenvalue weighted by Crippen LogP contribution is 2.34. The molecule has 21 heavy (non-hydrogen) atoms. The van der Waals surface area contributed by atoms with E-state index < -0.39 is 0 Å². The second-order valence-corrected chi connectivity index (χ2v) is 5.20.